The lowest BCUT2D eigenvalue weighted by Gasteiger charge is -2.20. The van der Waals surface area contributed by atoms with Crippen LogP contribution in [0.2, 0.25) is 0 Å². The number of amides is 1. The second kappa shape index (κ2) is 6.75. The summed E-state index contributed by atoms with van der Waals surface area (Å²) in [6, 6.07) is 7.08. The minimum atomic E-state index is -0.569. The normalized spacial score (nSPS) is 11.2. The summed E-state index contributed by atoms with van der Waals surface area (Å²) >= 11 is 0. The fourth-order valence-electron chi connectivity index (χ4n) is 1.40. The van der Waals surface area contributed by atoms with Crippen molar-refractivity contribution in [2.75, 3.05) is 12.4 Å². The van der Waals surface area contributed by atoms with Crippen LogP contribution in [0.1, 0.15) is 26.3 Å². The van der Waals surface area contributed by atoms with Crippen molar-refractivity contribution < 1.29 is 19.1 Å². The number of esters is 1. The number of anilines is 1. The van der Waals surface area contributed by atoms with Crippen LogP contribution >= 0.6 is 0 Å². The molecule has 0 aliphatic carbocycles. The lowest BCUT2D eigenvalue weighted by Crippen LogP contribution is -2.27. The molecule has 0 aromatic heterocycles. The van der Waals surface area contributed by atoms with Crippen LogP contribution in [0, 0.1) is 0 Å². The minimum absolute atomic E-state index is 0.461. The maximum absolute atomic E-state index is 11.7. The highest BCUT2D eigenvalue weighted by Gasteiger charge is 2.16. The van der Waals surface area contributed by atoms with Crippen LogP contribution in [0.5, 0.6) is 0 Å². The molecule has 0 saturated carbocycles. The molecule has 20 heavy (non-hydrogen) atoms. The van der Waals surface area contributed by atoms with E-state index in [0.29, 0.717) is 11.3 Å². The Kier molecular flexibility index (Phi) is 5.32. The van der Waals surface area contributed by atoms with Crippen LogP contribution in [-0.2, 0) is 14.3 Å². The first-order valence-electron chi connectivity index (χ1n) is 6.17. The highest BCUT2D eigenvalue weighted by atomic mass is 16.6. The smallest absolute Gasteiger partial charge is 0.412 e. The van der Waals surface area contributed by atoms with Crippen molar-refractivity contribution in [3.05, 3.63) is 35.9 Å². The molecule has 1 aromatic rings. The predicted octanol–water partition coefficient (Wildman–Crippen LogP) is 3.22. The largest absolute Gasteiger partial charge is 0.466 e. The van der Waals surface area contributed by atoms with E-state index in [0.717, 1.165) is 0 Å². The number of carbonyl (C=O) groups excluding carboxylic acids is 2. The van der Waals surface area contributed by atoms with E-state index in [1.807, 2.05) is 0 Å². The van der Waals surface area contributed by atoms with E-state index in [-0.39, 0.29) is 0 Å². The van der Waals surface area contributed by atoms with E-state index in [2.05, 4.69) is 10.1 Å². The lowest BCUT2D eigenvalue weighted by molar-refractivity contribution is -0.134. The van der Waals surface area contributed by atoms with Gasteiger partial charge in [0.15, 0.2) is 0 Å². The van der Waals surface area contributed by atoms with Gasteiger partial charge in [0.05, 0.1) is 12.8 Å². The Balaban J connectivity index is 2.83. The lowest BCUT2D eigenvalue weighted by atomic mass is 10.1. The second-order valence-corrected chi connectivity index (χ2v) is 5.07. The Hall–Kier alpha value is -2.30. The van der Waals surface area contributed by atoms with Crippen molar-refractivity contribution in [2.45, 2.75) is 26.4 Å². The van der Waals surface area contributed by atoms with E-state index in [4.69, 9.17) is 4.74 Å². The molecule has 0 fully saturated rings. The van der Waals surface area contributed by atoms with Gasteiger partial charge in [-0.25, -0.2) is 9.59 Å². The molecule has 0 aliphatic heterocycles. The van der Waals surface area contributed by atoms with Crippen LogP contribution in [0.4, 0.5) is 10.5 Å². The quantitative estimate of drug-likeness (QED) is 0.680. The highest BCUT2D eigenvalue weighted by molar-refractivity contribution is 5.91. The van der Waals surface area contributed by atoms with Crippen molar-refractivity contribution in [2.24, 2.45) is 0 Å². The average Bonchev–Trinajstić information content (AvgIpc) is 2.35. The standard InChI is InChI=1S/C15H19NO4/c1-15(2,3)20-14(18)16-12-8-6-5-7-11(12)9-10-13(17)19-4/h5-10H,1-4H3,(H,16,18)/b10-9+. The molecule has 108 valence electrons. The number of hydrogen-bond donors (Lipinski definition) is 1. The number of ether oxygens (including phenoxy) is 2. The van der Waals surface area contributed by atoms with Gasteiger partial charge < -0.3 is 9.47 Å². The molecule has 1 N–H and O–H groups in total. The number of hydrogen-bond acceptors (Lipinski definition) is 4. The van der Waals surface area contributed by atoms with Gasteiger partial charge in [0.1, 0.15) is 5.60 Å². The summed E-state index contributed by atoms with van der Waals surface area (Å²) in [7, 11) is 1.30. The molecule has 0 aliphatic rings. The van der Waals surface area contributed by atoms with Crippen molar-refractivity contribution in [3.63, 3.8) is 0 Å². The van der Waals surface area contributed by atoms with Crippen LogP contribution in [-0.4, -0.2) is 24.8 Å². The zero-order valence-electron chi connectivity index (χ0n) is 12.1. The van der Waals surface area contributed by atoms with Crippen LogP contribution in [0.25, 0.3) is 6.08 Å². The summed E-state index contributed by atoms with van der Waals surface area (Å²) in [5, 5.41) is 2.64. The van der Waals surface area contributed by atoms with Crippen LogP contribution < -0.4 is 5.32 Å². The number of rotatable bonds is 3. The second-order valence-electron chi connectivity index (χ2n) is 5.07. The van der Waals surface area contributed by atoms with Gasteiger partial charge in [-0.05, 0) is 38.5 Å². The van der Waals surface area contributed by atoms with Crippen molar-refractivity contribution in [1.82, 2.24) is 0 Å². The monoisotopic (exact) mass is 277 g/mol. The van der Waals surface area contributed by atoms with Gasteiger partial charge in [-0.1, -0.05) is 18.2 Å². The third-order valence-corrected chi connectivity index (χ3v) is 2.20. The Labute approximate surface area is 118 Å². The molecule has 0 unspecified atom stereocenters. The number of nitrogens with one attached hydrogen (secondary N) is 1. The Bertz CT molecular complexity index is 515. The van der Waals surface area contributed by atoms with Gasteiger partial charge in [-0.2, -0.15) is 0 Å². The van der Waals surface area contributed by atoms with Crippen molar-refractivity contribution in [3.8, 4) is 0 Å². The summed E-state index contributed by atoms with van der Waals surface area (Å²) in [6.07, 6.45) is 2.31. The zero-order chi connectivity index (χ0) is 15.2. The summed E-state index contributed by atoms with van der Waals surface area (Å²) < 4.78 is 9.70. The van der Waals surface area contributed by atoms with Crippen molar-refractivity contribution >= 4 is 23.8 Å². The summed E-state index contributed by atoms with van der Waals surface area (Å²) in [4.78, 5) is 22.8. The van der Waals surface area contributed by atoms with Gasteiger partial charge in [0.2, 0.25) is 0 Å². The summed E-state index contributed by atoms with van der Waals surface area (Å²) in [5.74, 6) is -0.461. The Morgan fingerprint density at radius 3 is 2.45 bits per heavy atom. The number of para-hydroxylation sites is 1. The van der Waals surface area contributed by atoms with E-state index < -0.39 is 17.7 Å². The van der Waals surface area contributed by atoms with Crippen LogP contribution in [0.15, 0.2) is 30.3 Å². The Morgan fingerprint density at radius 2 is 1.85 bits per heavy atom. The number of carbonyl (C=O) groups is 2. The third-order valence-electron chi connectivity index (χ3n) is 2.20. The van der Waals surface area contributed by atoms with Gasteiger partial charge in [0.25, 0.3) is 0 Å². The summed E-state index contributed by atoms with van der Waals surface area (Å²) in [6.45, 7) is 5.36. The highest BCUT2D eigenvalue weighted by Crippen LogP contribution is 2.18. The topological polar surface area (TPSA) is 64.6 Å². The van der Waals surface area contributed by atoms with Gasteiger partial charge in [0, 0.05) is 6.08 Å². The molecule has 0 saturated heterocycles. The maximum atomic E-state index is 11.7. The van der Waals surface area contributed by atoms with Crippen molar-refractivity contribution in [1.29, 1.82) is 0 Å². The first-order chi connectivity index (χ1) is 9.31. The molecule has 0 heterocycles. The zero-order valence-corrected chi connectivity index (χ0v) is 12.1. The molecular weight excluding hydrogens is 258 g/mol. The average molecular weight is 277 g/mol. The minimum Gasteiger partial charge on any atom is -0.466 e. The molecule has 1 rings (SSSR count). The van der Waals surface area contributed by atoms with E-state index in [1.165, 1.54) is 13.2 Å². The maximum Gasteiger partial charge on any atom is 0.412 e. The molecule has 0 bridgehead atoms. The third kappa shape index (κ3) is 5.56. The molecule has 5 nitrogen and oxygen atoms in total. The van der Waals surface area contributed by atoms with Gasteiger partial charge in [-0.15, -0.1) is 0 Å². The molecule has 5 heteroatoms. The number of benzene rings is 1. The van der Waals surface area contributed by atoms with Gasteiger partial charge in [-0.3, -0.25) is 5.32 Å². The van der Waals surface area contributed by atoms with E-state index >= 15 is 0 Å². The fourth-order valence-corrected chi connectivity index (χ4v) is 1.40. The SMILES string of the molecule is COC(=O)/C=C/c1ccccc1NC(=O)OC(C)(C)C. The molecular formula is C15H19NO4. The molecule has 0 spiro atoms. The fraction of sp³-hybridized carbons (Fsp3) is 0.333. The molecule has 1 amide bonds. The first-order valence-corrected chi connectivity index (χ1v) is 6.17. The summed E-state index contributed by atoms with van der Waals surface area (Å²) in [5.41, 5.74) is 0.673. The molecule has 1 aromatic carbocycles. The van der Waals surface area contributed by atoms with Crippen LogP contribution in [0.3, 0.4) is 0 Å². The van der Waals surface area contributed by atoms with E-state index in [9.17, 15) is 9.59 Å². The molecule has 0 radical (unpaired) electrons. The molecule has 0 atom stereocenters. The number of methoxy groups -OCH3 is 1. The first kappa shape index (κ1) is 15.8. The van der Waals surface area contributed by atoms with E-state index in [1.54, 1.807) is 51.1 Å². The predicted molar refractivity (Wildman–Crippen MR) is 77.3 cm³/mol. The Morgan fingerprint density at radius 1 is 1.20 bits per heavy atom. The van der Waals surface area contributed by atoms with Gasteiger partial charge >= 0.3 is 12.1 Å².